The fourth-order valence-electron chi connectivity index (χ4n) is 6.85. The molecule has 1 aliphatic carbocycles. The Kier molecular flexibility index (Phi) is 11.8. The molecule has 1 radical (unpaired) electrons. The minimum atomic E-state index is -1.86. The summed E-state index contributed by atoms with van der Waals surface area (Å²) in [6.45, 7) is 8.75. The fraction of sp³-hybridized carbons (Fsp3) is 0.357. The van der Waals surface area contributed by atoms with Crippen LogP contribution < -0.4 is 4.40 Å². The zero-order valence-electron chi connectivity index (χ0n) is 29.4. The standard InChI is InChI=1S/C24H23N2O.C18H24GeN.Ir/c1-15-12-22(25-14-18(15)13-17-6-3-4-7-17)21-9-5-8-19-20-11-10-16(2)26-24(20)27-23(19)21;1-14(2)11-16-12-18(15-9-7-6-8-10-15)20-13-17(16)19(3,4)5;/h5,8,10-12,14,17H,3-4,6-7,13H2,1-2H3;6-9,12-14H,11H2,1-5H3;/q2*-1;. The van der Waals surface area contributed by atoms with Gasteiger partial charge in [0.1, 0.15) is 0 Å². The predicted octanol–water partition coefficient (Wildman–Crippen LogP) is 10.5. The minimum absolute atomic E-state index is 0. The molecule has 0 N–H and O–H groups in total. The molecule has 6 heteroatoms. The molecular weight excluding hydrogens is 827 g/mol. The van der Waals surface area contributed by atoms with Crippen LogP contribution in [-0.2, 0) is 32.9 Å². The SMILES string of the molecule is CC(C)Cc1cc(-c2[c-]cccc2)nc[c]1[Ge]([CH3])([CH3])[CH3].Cc1ccc2c(n1)oc1c(-c3cc(C)c(CC4CCCC4)cn3)[c-]ccc12.[Ir]. The van der Waals surface area contributed by atoms with Crippen molar-refractivity contribution in [2.75, 3.05) is 0 Å². The molecule has 6 aromatic rings. The molecule has 0 bridgehead atoms. The Bertz CT molecular complexity index is 1990. The van der Waals surface area contributed by atoms with Gasteiger partial charge in [-0.3, -0.25) is 0 Å². The Balaban J connectivity index is 0.000000193. The van der Waals surface area contributed by atoms with Crippen molar-refractivity contribution in [1.82, 2.24) is 15.0 Å². The second-order valence-corrected chi connectivity index (χ2v) is 25.3. The van der Waals surface area contributed by atoms with E-state index in [9.17, 15) is 0 Å². The zero-order valence-corrected chi connectivity index (χ0v) is 33.9. The second-order valence-electron chi connectivity index (χ2n) is 14.7. The maximum absolute atomic E-state index is 6.11. The largest absolute Gasteiger partial charge is 0.486 e. The van der Waals surface area contributed by atoms with Gasteiger partial charge >= 0.3 is 126 Å². The summed E-state index contributed by atoms with van der Waals surface area (Å²) in [7, 11) is 0. The van der Waals surface area contributed by atoms with Crippen LogP contribution >= 0.6 is 0 Å². The number of aromatic nitrogens is 3. The Morgan fingerprint density at radius 1 is 0.854 bits per heavy atom. The molecule has 0 saturated heterocycles. The number of rotatable bonds is 7. The van der Waals surface area contributed by atoms with Gasteiger partial charge in [0.2, 0.25) is 5.71 Å². The van der Waals surface area contributed by atoms with Crippen LogP contribution in [-0.4, -0.2) is 28.2 Å². The van der Waals surface area contributed by atoms with Gasteiger partial charge in [-0.1, -0.05) is 48.3 Å². The molecule has 251 valence electrons. The maximum atomic E-state index is 6.11. The van der Waals surface area contributed by atoms with Gasteiger partial charge in [-0.15, -0.1) is 18.2 Å². The number of furan rings is 1. The van der Waals surface area contributed by atoms with Crippen molar-refractivity contribution in [3.63, 3.8) is 0 Å². The molecule has 0 atom stereocenters. The summed E-state index contributed by atoms with van der Waals surface area (Å²) in [5.41, 5.74) is 10.6. The first-order valence-corrected chi connectivity index (χ1v) is 24.5. The number of fused-ring (bicyclic) bond motifs is 3. The molecule has 0 spiro atoms. The molecule has 4 heterocycles. The van der Waals surface area contributed by atoms with Crippen LogP contribution in [0.3, 0.4) is 0 Å². The Labute approximate surface area is 302 Å². The third-order valence-electron chi connectivity index (χ3n) is 9.31. The van der Waals surface area contributed by atoms with E-state index >= 15 is 0 Å². The first kappa shape index (κ1) is 36.2. The van der Waals surface area contributed by atoms with Crippen molar-refractivity contribution < 1.29 is 24.5 Å². The Morgan fingerprint density at radius 2 is 1.62 bits per heavy atom. The van der Waals surface area contributed by atoms with Crippen molar-refractivity contribution in [3.05, 3.63) is 108 Å². The van der Waals surface area contributed by atoms with E-state index in [-0.39, 0.29) is 20.1 Å². The number of hydrogen-bond donors (Lipinski definition) is 0. The number of hydrogen-bond acceptors (Lipinski definition) is 4. The fourth-order valence-corrected chi connectivity index (χ4v) is 10.2. The quantitative estimate of drug-likeness (QED) is 0.118. The summed E-state index contributed by atoms with van der Waals surface area (Å²) in [6.07, 6.45) is 12.0. The average Bonchev–Trinajstić information content (AvgIpc) is 3.69. The molecule has 0 amide bonds. The third kappa shape index (κ3) is 8.36. The first-order valence-electron chi connectivity index (χ1n) is 17.2. The summed E-state index contributed by atoms with van der Waals surface area (Å²) < 4.78 is 7.65. The smallest absolute Gasteiger partial charge is 0.216 e. The Morgan fingerprint density at radius 3 is 2.31 bits per heavy atom. The van der Waals surface area contributed by atoms with Gasteiger partial charge in [0.05, 0.1) is 5.58 Å². The molecule has 0 unspecified atom stereocenters. The van der Waals surface area contributed by atoms with E-state index in [1.807, 2.05) is 43.3 Å². The summed E-state index contributed by atoms with van der Waals surface area (Å²) >= 11 is -1.86. The van der Waals surface area contributed by atoms with Gasteiger partial charge in [0.25, 0.3) is 0 Å². The van der Waals surface area contributed by atoms with E-state index < -0.39 is 13.3 Å². The average molecular weight is 875 g/mol. The number of nitrogens with zero attached hydrogens (tertiary/aromatic N) is 3. The van der Waals surface area contributed by atoms with E-state index in [4.69, 9.17) is 14.4 Å². The molecule has 4 nitrogen and oxygen atoms in total. The van der Waals surface area contributed by atoms with Crippen molar-refractivity contribution >= 4 is 39.7 Å². The second kappa shape index (κ2) is 15.6. The van der Waals surface area contributed by atoms with Gasteiger partial charge in [-0.05, 0) is 49.6 Å². The molecule has 4 aromatic heterocycles. The zero-order chi connectivity index (χ0) is 33.1. The van der Waals surface area contributed by atoms with Crippen molar-refractivity contribution in [2.45, 2.75) is 83.5 Å². The van der Waals surface area contributed by atoms with Crippen LogP contribution in [0.1, 0.15) is 61.9 Å². The molecule has 0 aliphatic heterocycles. The molecule has 2 aromatic carbocycles. The van der Waals surface area contributed by atoms with Gasteiger partial charge in [-0.25, -0.2) is 4.98 Å². The van der Waals surface area contributed by atoms with E-state index in [0.29, 0.717) is 11.6 Å². The number of pyridine rings is 3. The van der Waals surface area contributed by atoms with Crippen molar-refractivity contribution in [1.29, 1.82) is 0 Å². The van der Waals surface area contributed by atoms with E-state index in [1.165, 1.54) is 42.4 Å². The van der Waals surface area contributed by atoms with Crippen LogP contribution in [0.15, 0.2) is 77.5 Å². The van der Waals surface area contributed by atoms with Crippen LogP contribution in [0, 0.1) is 37.8 Å². The first-order chi connectivity index (χ1) is 22.6. The number of aryl methyl sites for hydroxylation is 2. The minimum Gasteiger partial charge on any atom is -0.486 e. The monoisotopic (exact) mass is 876 g/mol. The summed E-state index contributed by atoms with van der Waals surface area (Å²) in [6, 6.07) is 27.3. The van der Waals surface area contributed by atoms with Gasteiger partial charge in [-0.2, -0.15) is 0 Å². The summed E-state index contributed by atoms with van der Waals surface area (Å²) in [4.78, 5) is 14.0. The van der Waals surface area contributed by atoms with Gasteiger partial charge < -0.3 is 9.40 Å². The molecule has 7 rings (SSSR count). The predicted molar refractivity (Wildman–Crippen MR) is 199 cm³/mol. The van der Waals surface area contributed by atoms with Gasteiger partial charge in [0.15, 0.2) is 0 Å². The van der Waals surface area contributed by atoms with Crippen LogP contribution in [0.25, 0.3) is 44.6 Å². The van der Waals surface area contributed by atoms with E-state index in [1.54, 1.807) is 4.40 Å². The molecule has 1 saturated carbocycles. The molecule has 1 aliphatic rings. The Hall–Kier alpha value is -3.12. The molecule has 48 heavy (non-hydrogen) atoms. The summed E-state index contributed by atoms with van der Waals surface area (Å²) in [5.74, 6) is 8.82. The normalized spacial score (nSPS) is 13.5. The van der Waals surface area contributed by atoms with E-state index in [0.717, 1.165) is 63.3 Å². The van der Waals surface area contributed by atoms with Crippen LogP contribution in [0.4, 0.5) is 0 Å². The molecular formula is C42H47GeIrN3O-2. The third-order valence-corrected chi connectivity index (χ3v) is 13.6. The van der Waals surface area contributed by atoms with Crippen molar-refractivity contribution in [2.24, 2.45) is 11.8 Å². The van der Waals surface area contributed by atoms with E-state index in [2.05, 4.69) is 91.8 Å². The van der Waals surface area contributed by atoms with Crippen LogP contribution in [0.2, 0.25) is 17.3 Å². The maximum Gasteiger partial charge on any atom is 0.216 e. The van der Waals surface area contributed by atoms with Crippen molar-refractivity contribution in [3.8, 4) is 22.5 Å². The van der Waals surface area contributed by atoms with Gasteiger partial charge in [0, 0.05) is 37.4 Å². The summed E-state index contributed by atoms with van der Waals surface area (Å²) in [5, 5.41) is 2.11. The molecule has 1 fully saturated rings. The topological polar surface area (TPSA) is 51.8 Å². The number of benzene rings is 2. The van der Waals surface area contributed by atoms with Crippen LogP contribution in [0.5, 0.6) is 0 Å².